The van der Waals surface area contributed by atoms with Gasteiger partial charge in [0.2, 0.25) is 0 Å². The minimum atomic E-state index is -0.332. The number of rotatable bonds is 5. The third-order valence-electron chi connectivity index (χ3n) is 3.95. The van der Waals surface area contributed by atoms with Crippen LogP contribution in [0.3, 0.4) is 0 Å². The third-order valence-corrected chi connectivity index (χ3v) is 3.95. The Morgan fingerprint density at radius 3 is 2.42 bits per heavy atom. The topological polar surface area (TPSA) is 60.7 Å². The first-order valence-electron chi connectivity index (χ1n) is 7.91. The molecule has 5 nitrogen and oxygen atoms in total. The number of nitrogens with one attached hydrogen (secondary N) is 1. The van der Waals surface area contributed by atoms with Gasteiger partial charge in [-0.25, -0.2) is 4.39 Å². The predicted molar refractivity (Wildman–Crippen MR) is 96.3 cm³/mol. The Kier molecular flexibility index (Phi) is 4.93. The fraction of sp³-hybridized carbons (Fsp3) is 0.150. The number of methoxy groups -OCH3 is 2. The smallest absolute Gasteiger partial charge is 0.259 e. The van der Waals surface area contributed by atoms with Crippen LogP contribution >= 0.6 is 0 Å². The van der Waals surface area contributed by atoms with E-state index in [1.54, 1.807) is 50.4 Å². The standard InChI is InChI=1S/C20H18FNO4/c1-12-16(11-18(26-12)13-4-6-14(21)7-5-13)20(23)22-17-9-8-15(24-2)10-19(17)25-3/h4-11H,1-3H3,(H,22,23). The fourth-order valence-corrected chi connectivity index (χ4v) is 2.56. The van der Waals surface area contributed by atoms with Crippen LogP contribution in [0.4, 0.5) is 10.1 Å². The van der Waals surface area contributed by atoms with E-state index in [-0.39, 0.29) is 11.7 Å². The molecular formula is C20H18FNO4. The Balaban J connectivity index is 1.86. The van der Waals surface area contributed by atoms with Crippen LogP contribution in [-0.4, -0.2) is 20.1 Å². The Morgan fingerprint density at radius 1 is 1.04 bits per heavy atom. The normalized spacial score (nSPS) is 10.5. The third kappa shape index (κ3) is 3.54. The van der Waals surface area contributed by atoms with Gasteiger partial charge in [-0.15, -0.1) is 0 Å². The molecule has 1 amide bonds. The van der Waals surface area contributed by atoms with Crippen LogP contribution in [-0.2, 0) is 0 Å². The summed E-state index contributed by atoms with van der Waals surface area (Å²) in [5.41, 5.74) is 1.60. The average molecular weight is 355 g/mol. The second-order valence-electron chi connectivity index (χ2n) is 5.61. The molecule has 0 aliphatic carbocycles. The number of ether oxygens (including phenoxy) is 2. The molecule has 1 N–H and O–H groups in total. The van der Waals surface area contributed by atoms with E-state index in [9.17, 15) is 9.18 Å². The molecule has 2 aromatic carbocycles. The number of carbonyl (C=O) groups excluding carboxylic acids is 1. The van der Waals surface area contributed by atoms with E-state index in [1.807, 2.05) is 0 Å². The van der Waals surface area contributed by atoms with Gasteiger partial charge in [0.1, 0.15) is 28.8 Å². The number of anilines is 1. The van der Waals surface area contributed by atoms with Gasteiger partial charge in [-0.1, -0.05) is 0 Å². The Morgan fingerprint density at radius 2 is 1.77 bits per heavy atom. The molecule has 0 bridgehead atoms. The lowest BCUT2D eigenvalue weighted by Gasteiger charge is -2.11. The lowest BCUT2D eigenvalue weighted by Crippen LogP contribution is -2.12. The molecule has 0 fully saturated rings. The van der Waals surface area contributed by atoms with Crippen molar-refractivity contribution in [1.82, 2.24) is 0 Å². The number of hydrogen-bond donors (Lipinski definition) is 1. The lowest BCUT2D eigenvalue weighted by molar-refractivity contribution is 0.102. The molecule has 0 aliphatic heterocycles. The summed E-state index contributed by atoms with van der Waals surface area (Å²) in [6.07, 6.45) is 0. The zero-order valence-electron chi connectivity index (χ0n) is 14.6. The molecule has 1 heterocycles. The number of hydrogen-bond acceptors (Lipinski definition) is 4. The second-order valence-corrected chi connectivity index (χ2v) is 5.61. The van der Waals surface area contributed by atoms with Crippen molar-refractivity contribution >= 4 is 11.6 Å². The maximum absolute atomic E-state index is 13.1. The molecule has 26 heavy (non-hydrogen) atoms. The van der Waals surface area contributed by atoms with E-state index in [0.717, 1.165) is 0 Å². The highest BCUT2D eigenvalue weighted by Gasteiger charge is 2.18. The zero-order chi connectivity index (χ0) is 18.7. The van der Waals surface area contributed by atoms with Crippen LogP contribution in [0, 0.1) is 12.7 Å². The van der Waals surface area contributed by atoms with Crippen LogP contribution < -0.4 is 14.8 Å². The monoisotopic (exact) mass is 355 g/mol. The Labute approximate surface area is 150 Å². The number of amides is 1. The number of benzene rings is 2. The molecule has 0 radical (unpaired) electrons. The van der Waals surface area contributed by atoms with Crippen LogP contribution in [0.25, 0.3) is 11.3 Å². The van der Waals surface area contributed by atoms with Crippen LogP contribution in [0.1, 0.15) is 16.1 Å². The summed E-state index contributed by atoms with van der Waals surface area (Å²) in [7, 11) is 3.07. The van der Waals surface area contributed by atoms with Gasteiger partial charge >= 0.3 is 0 Å². The molecule has 134 valence electrons. The van der Waals surface area contributed by atoms with E-state index < -0.39 is 0 Å². The van der Waals surface area contributed by atoms with Crippen molar-refractivity contribution < 1.29 is 23.1 Å². The maximum Gasteiger partial charge on any atom is 0.259 e. The predicted octanol–water partition coefficient (Wildman–Crippen LogP) is 4.66. The number of aryl methyl sites for hydroxylation is 1. The fourth-order valence-electron chi connectivity index (χ4n) is 2.56. The van der Waals surface area contributed by atoms with Crippen LogP contribution in [0.15, 0.2) is 52.9 Å². The van der Waals surface area contributed by atoms with Gasteiger partial charge in [-0.2, -0.15) is 0 Å². The number of halogens is 1. The van der Waals surface area contributed by atoms with Gasteiger partial charge in [-0.3, -0.25) is 4.79 Å². The van der Waals surface area contributed by atoms with Gasteiger partial charge in [0.05, 0.1) is 25.5 Å². The van der Waals surface area contributed by atoms with Crippen molar-refractivity contribution in [3.8, 4) is 22.8 Å². The van der Waals surface area contributed by atoms with E-state index >= 15 is 0 Å². The molecular weight excluding hydrogens is 337 g/mol. The summed E-state index contributed by atoms with van der Waals surface area (Å²) < 4.78 is 29.2. The minimum Gasteiger partial charge on any atom is -0.497 e. The second kappa shape index (κ2) is 7.31. The summed E-state index contributed by atoms with van der Waals surface area (Å²) in [4.78, 5) is 12.6. The summed E-state index contributed by atoms with van der Waals surface area (Å²) in [5.74, 6) is 1.41. The number of furan rings is 1. The molecule has 0 atom stereocenters. The van der Waals surface area contributed by atoms with Gasteiger partial charge in [0.25, 0.3) is 5.91 Å². The lowest BCUT2D eigenvalue weighted by atomic mass is 10.1. The van der Waals surface area contributed by atoms with Crippen molar-refractivity contribution in [3.63, 3.8) is 0 Å². The van der Waals surface area contributed by atoms with Crippen molar-refractivity contribution in [2.24, 2.45) is 0 Å². The molecule has 6 heteroatoms. The largest absolute Gasteiger partial charge is 0.497 e. The molecule has 0 saturated heterocycles. The zero-order valence-corrected chi connectivity index (χ0v) is 14.6. The number of carbonyl (C=O) groups is 1. The molecule has 0 spiro atoms. The van der Waals surface area contributed by atoms with Gasteiger partial charge in [0.15, 0.2) is 0 Å². The Bertz CT molecular complexity index is 931. The van der Waals surface area contributed by atoms with E-state index in [0.29, 0.717) is 39.8 Å². The summed E-state index contributed by atoms with van der Waals surface area (Å²) in [6.45, 7) is 1.70. The first kappa shape index (κ1) is 17.5. The first-order chi connectivity index (χ1) is 12.5. The van der Waals surface area contributed by atoms with Crippen LogP contribution in [0.2, 0.25) is 0 Å². The van der Waals surface area contributed by atoms with Gasteiger partial charge in [-0.05, 0) is 49.4 Å². The van der Waals surface area contributed by atoms with Crippen LogP contribution in [0.5, 0.6) is 11.5 Å². The summed E-state index contributed by atoms with van der Waals surface area (Å²) in [5, 5.41) is 2.80. The summed E-state index contributed by atoms with van der Waals surface area (Å²) in [6, 6.07) is 12.6. The Hall–Kier alpha value is -3.28. The van der Waals surface area contributed by atoms with Crippen molar-refractivity contribution in [1.29, 1.82) is 0 Å². The van der Waals surface area contributed by atoms with E-state index in [2.05, 4.69) is 5.32 Å². The summed E-state index contributed by atoms with van der Waals surface area (Å²) >= 11 is 0. The highest BCUT2D eigenvalue weighted by molar-refractivity contribution is 6.06. The SMILES string of the molecule is COc1ccc(NC(=O)c2cc(-c3ccc(F)cc3)oc2C)c(OC)c1. The molecule has 0 unspecified atom stereocenters. The van der Waals surface area contributed by atoms with Crippen molar-refractivity contribution in [3.05, 3.63) is 65.7 Å². The first-order valence-corrected chi connectivity index (χ1v) is 7.91. The molecule has 3 aromatic rings. The quantitative estimate of drug-likeness (QED) is 0.723. The van der Waals surface area contributed by atoms with E-state index in [4.69, 9.17) is 13.9 Å². The van der Waals surface area contributed by atoms with Crippen molar-refractivity contribution in [2.75, 3.05) is 19.5 Å². The maximum atomic E-state index is 13.1. The molecule has 1 aromatic heterocycles. The highest BCUT2D eigenvalue weighted by Crippen LogP contribution is 2.31. The van der Waals surface area contributed by atoms with E-state index in [1.165, 1.54) is 19.2 Å². The molecule has 0 aliphatic rings. The highest BCUT2D eigenvalue weighted by atomic mass is 19.1. The van der Waals surface area contributed by atoms with Crippen molar-refractivity contribution in [2.45, 2.75) is 6.92 Å². The average Bonchev–Trinajstić information content (AvgIpc) is 3.04. The minimum absolute atomic E-state index is 0.330. The van der Waals surface area contributed by atoms with Gasteiger partial charge < -0.3 is 19.2 Å². The molecule has 0 saturated carbocycles. The van der Waals surface area contributed by atoms with Gasteiger partial charge in [0, 0.05) is 11.6 Å². The molecule has 3 rings (SSSR count).